The molecular weight excluding hydrogens is 262 g/mol. The Kier molecular flexibility index (Phi) is 2.74. The van der Waals surface area contributed by atoms with E-state index in [0.29, 0.717) is 5.95 Å². The number of benzene rings is 2. The molecule has 21 heavy (non-hydrogen) atoms. The molecule has 4 rings (SSSR count). The highest BCUT2D eigenvalue weighted by molar-refractivity contribution is 5.95. The minimum absolute atomic E-state index is 0.0717. The van der Waals surface area contributed by atoms with E-state index in [1.807, 2.05) is 59.2 Å². The molecule has 1 heterocycles. The van der Waals surface area contributed by atoms with Gasteiger partial charge in [0.25, 0.3) is 0 Å². The Morgan fingerprint density at radius 1 is 1.05 bits per heavy atom. The fraction of sp³-hybridized carbons (Fsp3) is 0.176. The second-order valence-corrected chi connectivity index (χ2v) is 5.36. The van der Waals surface area contributed by atoms with E-state index in [0.717, 1.165) is 29.6 Å². The summed E-state index contributed by atoms with van der Waals surface area (Å²) in [5.41, 5.74) is 2.87. The topological polar surface area (TPSA) is 46.9 Å². The number of amides is 1. The number of imidazole rings is 1. The van der Waals surface area contributed by atoms with E-state index >= 15 is 0 Å². The van der Waals surface area contributed by atoms with Gasteiger partial charge < -0.3 is 0 Å². The van der Waals surface area contributed by atoms with Crippen LogP contribution in [0.15, 0.2) is 54.6 Å². The average Bonchev–Trinajstić information content (AvgIpc) is 3.30. The zero-order chi connectivity index (χ0) is 14.2. The lowest BCUT2D eigenvalue weighted by Crippen LogP contribution is -2.16. The van der Waals surface area contributed by atoms with Gasteiger partial charge in [-0.3, -0.25) is 14.7 Å². The zero-order valence-corrected chi connectivity index (χ0v) is 11.5. The molecule has 0 unspecified atom stereocenters. The van der Waals surface area contributed by atoms with E-state index < -0.39 is 0 Å². The molecule has 0 atom stereocenters. The Hall–Kier alpha value is -2.62. The van der Waals surface area contributed by atoms with Gasteiger partial charge in [-0.15, -0.1) is 0 Å². The van der Waals surface area contributed by atoms with Crippen LogP contribution in [0.1, 0.15) is 12.8 Å². The third-order valence-electron chi connectivity index (χ3n) is 3.76. The van der Waals surface area contributed by atoms with E-state index in [2.05, 4.69) is 10.3 Å². The SMILES string of the molecule is O=C(Nc1nc2ccccc2n1-c1ccccc1)C1CC1. The molecule has 104 valence electrons. The number of hydrogen-bond acceptors (Lipinski definition) is 2. The van der Waals surface area contributed by atoms with Gasteiger partial charge in [-0.2, -0.15) is 0 Å². The number of rotatable bonds is 3. The summed E-state index contributed by atoms with van der Waals surface area (Å²) in [6.45, 7) is 0. The second-order valence-electron chi connectivity index (χ2n) is 5.36. The number of para-hydroxylation sites is 3. The first kappa shape index (κ1) is 12.1. The number of carbonyl (C=O) groups is 1. The van der Waals surface area contributed by atoms with Gasteiger partial charge in [-0.1, -0.05) is 30.3 Å². The van der Waals surface area contributed by atoms with Crippen molar-refractivity contribution in [3.05, 3.63) is 54.6 Å². The van der Waals surface area contributed by atoms with Crippen molar-refractivity contribution in [2.75, 3.05) is 5.32 Å². The number of aromatic nitrogens is 2. The summed E-state index contributed by atoms with van der Waals surface area (Å²) < 4.78 is 2.00. The molecule has 1 aromatic heterocycles. The van der Waals surface area contributed by atoms with Crippen LogP contribution in [0.25, 0.3) is 16.7 Å². The van der Waals surface area contributed by atoms with Crippen LogP contribution in [-0.4, -0.2) is 15.5 Å². The number of carbonyl (C=O) groups excluding carboxylic acids is 1. The van der Waals surface area contributed by atoms with Crippen molar-refractivity contribution in [2.45, 2.75) is 12.8 Å². The fourth-order valence-corrected chi connectivity index (χ4v) is 2.51. The first-order valence-corrected chi connectivity index (χ1v) is 7.17. The summed E-state index contributed by atoms with van der Waals surface area (Å²) in [6.07, 6.45) is 1.97. The van der Waals surface area contributed by atoms with E-state index in [1.54, 1.807) is 0 Å². The summed E-state index contributed by atoms with van der Waals surface area (Å²) in [5.74, 6) is 0.829. The smallest absolute Gasteiger partial charge is 0.229 e. The lowest BCUT2D eigenvalue weighted by molar-refractivity contribution is -0.117. The molecule has 4 nitrogen and oxygen atoms in total. The van der Waals surface area contributed by atoms with Crippen LogP contribution in [0.4, 0.5) is 5.95 Å². The molecule has 0 saturated heterocycles. The van der Waals surface area contributed by atoms with Crippen molar-refractivity contribution in [3.8, 4) is 5.69 Å². The molecule has 0 radical (unpaired) electrons. The summed E-state index contributed by atoms with van der Waals surface area (Å²) in [7, 11) is 0. The van der Waals surface area contributed by atoms with Gasteiger partial charge in [0.05, 0.1) is 11.0 Å². The Balaban J connectivity index is 1.86. The van der Waals surface area contributed by atoms with Gasteiger partial charge in [-0.05, 0) is 37.1 Å². The van der Waals surface area contributed by atoms with Crippen LogP contribution in [0.5, 0.6) is 0 Å². The predicted octanol–water partition coefficient (Wildman–Crippen LogP) is 3.37. The third-order valence-corrected chi connectivity index (χ3v) is 3.76. The molecule has 3 aromatic rings. The quantitative estimate of drug-likeness (QED) is 0.797. The standard InChI is InChI=1S/C17H15N3O/c21-16(12-10-11-12)19-17-18-14-8-4-5-9-15(14)20(17)13-6-2-1-3-7-13/h1-9,12H,10-11H2,(H,18,19,21). The minimum Gasteiger partial charge on any atom is -0.295 e. The van der Waals surface area contributed by atoms with Crippen molar-refractivity contribution in [3.63, 3.8) is 0 Å². The largest absolute Gasteiger partial charge is 0.295 e. The number of fused-ring (bicyclic) bond motifs is 1. The molecule has 0 bridgehead atoms. The zero-order valence-electron chi connectivity index (χ0n) is 11.5. The minimum atomic E-state index is 0.0717. The molecule has 0 spiro atoms. The van der Waals surface area contributed by atoms with E-state index in [9.17, 15) is 4.79 Å². The van der Waals surface area contributed by atoms with Crippen molar-refractivity contribution < 1.29 is 4.79 Å². The molecule has 2 aromatic carbocycles. The molecular formula is C17H15N3O. The van der Waals surface area contributed by atoms with E-state index in [1.165, 1.54) is 0 Å². The van der Waals surface area contributed by atoms with Gasteiger partial charge in [0, 0.05) is 11.6 Å². The Morgan fingerprint density at radius 3 is 2.52 bits per heavy atom. The fourth-order valence-electron chi connectivity index (χ4n) is 2.51. The second kappa shape index (κ2) is 4.74. The van der Waals surface area contributed by atoms with Gasteiger partial charge >= 0.3 is 0 Å². The highest BCUT2D eigenvalue weighted by atomic mass is 16.2. The van der Waals surface area contributed by atoms with E-state index in [4.69, 9.17) is 0 Å². The monoisotopic (exact) mass is 277 g/mol. The van der Waals surface area contributed by atoms with Crippen LogP contribution in [0.2, 0.25) is 0 Å². The van der Waals surface area contributed by atoms with Crippen molar-refractivity contribution >= 4 is 22.9 Å². The summed E-state index contributed by atoms with van der Waals surface area (Å²) in [4.78, 5) is 16.6. The number of nitrogens with zero attached hydrogens (tertiary/aromatic N) is 2. The van der Waals surface area contributed by atoms with Crippen LogP contribution < -0.4 is 5.32 Å². The maximum Gasteiger partial charge on any atom is 0.229 e. The van der Waals surface area contributed by atoms with Gasteiger partial charge in [-0.25, -0.2) is 4.98 Å². The molecule has 0 aliphatic heterocycles. The first-order valence-electron chi connectivity index (χ1n) is 7.17. The van der Waals surface area contributed by atoms with Gasteiger partial charge in [0.1, 0.15) is 0 Å². The number of anilines is 1. The Morgan fingerprint density at radius 2 is 1.76 bits per heavy atom. The van der Waals surface area contributed by atoms with E-state index in [-0.39, 0.29) is 11.8 Å². The molecule has 1 amide bonds. The molecule has 1 aliphatic carbocycles. The third kappa shape index (κ3) is 2.18. The van der Waals surface area contributed by atoms with Gasteiger partial charge in [0.2, 0.25) is 11.9 Å². The summed E-state index contributed by atoms with van der Waals surface area (Å²) >= 11 is 0. The normalized spacial score (nSPS) is 14.3. The van der Waals surface area contributed by atoms with Crippen molar-refractivity contribution in [1.29, 1.82) is 0 Å². The van der Waals surface area contributed by atoms with Gasteiger partial charge in [0.15, 0.2) is 0 Å². The maximum absolute atomic E-state index is 12.1. The summed E-state index contributed by atoms with van der Waals surface area (Å²) in [6, 6.07) is 17.9. The van der Waals surface area contributed by atoms with Crippen LogP contribution in [0, 0.1) is 5.92 Å². The molecule has 1 aliphatic rings. The highest BCUT2D eigenvalue weighted by Gasteiger charge is 2.30. The number of hydrogen-bond donors (Lipinski definition) is 1. The van der Waals surface area contributed by atoms with Crippen molar-refractivity contribution in [1.82, 2.24) is 9.55 Å². The lowest BCUT2D eigenvalue weighted by Gasteiger charge is -2.09. The molecule has 4 heteroatoms. The Labute approximate surface area is 122 Å². The molecule has 1 N–H and O–H groups in total. The highest BCUT2D eigenvalue weighted by Crippen LogP contribution is 2.31. The maximum atomic E-state index is 12.1. The predicted molar refractivity (Wildman–Crippen MR) is 82.4 cm³/mol. The van der Waals surface area contributed by atoms with Crippen LogP contribution >= 0.6 is 0 Å². The van der Waals surface area contributed by atoms with Crippen LogP contribution in [0.3, 0.4) is 0 Å². The number of nitrogens with one attached hydrogen (secondary N) is 1. The molecule has 1 saturated carbocycles. The van der Waals surface area contributed by atoms with Crippen molar-refractivity contribution in [2.24, 2.45) is 5.92 Å². The summed E-state index contributed by atoms with van der Waals surface area (Å²) in [5, 5.41) is 2.97. The first-order chi connectivity index (χ1) is 10.3. The Bertz CT molecular complexity index is 803. The molecule has 1 fully saturated rings. The van der Waals surface area contributed by atoms with Crippen LogP contribution in [-0.2, 0) is 4.79 Å². The lowest BCUT2D eigenvalue weighted by atomic mass is 10.3. The average molecular weight is 277 g/mol.